The van der Waals surface area contributed by atoms with Crippen LogP contribution >= 0.6 is 0 Å². The van der Waals surface area contributed by atoms with Gasteiger partial charge in [-0.25, -0.2) is 0 Å². The van der Waals surface area contributed by atoms with Crippen molar-refractivity contribution in [3.05, 3.63) is 48.8 Å². The van der Waals surface area contributed by atoms with Gasteiger partial charge in [0.2, 0.25) is 5.91 Å². The van der Waals surface area contributed by atoms with Crippen LogP contribution in [0.15, 0.2) is 43.1 Å². The summed E-state index contributed by atoms with van der Waals surface area (Å²) in [6, 6.07) is 9.59. The van der Waals surface area contributed by atoms with Gasteiger partial charge in [-0.3, -0.25) is 9.78 Å². The Morgan fingerprint density at radius 1 is 1.27 bits per heavy atom. The zero-order valence-electron chi connectivity index (χ0n) is 8.10. The molecule has 0 aliphatic heterocycles. The number of hydrogen-bond acceptors (Lipinski definition) is 2. The molecular weight excluding hydrogens is 188 g/mol. The molecule has 0 saturated heterocycles. The Morgan fingerprint density at radius 2 is 1.93 bits per heavy atom. The van der Waals surface area contributed by atoms with Crippen LogP contribution in [-0.2, 0) is 4.79 Å². The van der Waals surface area contributed by atoms with Crippen LogP contribution in [-0.4, -0.2) is 10.9 Å². The predicted molar refractivity (Wildman–Crippen MR) is 60.0 cm³/mol. The highest BCUT2D eigenvalue weighted by Crippen LogP contribution is 2.17. The molecule has 0 unspecified atom stereocenters. The second-order valence-electron chi connectivity index (χ2n) is 3.26. The maximum absolute atomic E-state index is 10.9. The van der Waals surface area contributed by atoms with E-state index >= 15 is 0 Å². The van der Waals surface area contributed by atoms with E-state index in [1.165, 1.54) is 0 Å². The molecule has 0 spiro atoms. The Kier molecular flexibility index (Phi) is 2.21. The van der Waals surface area contributed by atoms with Gasteiger partial charge in [0.05, 0.1) is 11.3 Å². The molecule has 0 fully saturated rings. The molecule has 15 heavy (non-hydrogen) atoms. The van der Waals surface area contributed by atoms with Crippen molar-refractivity contribution < 1.29 is 4.79 Å². The maximum atomic E-state index is 10.9. The minimum atomic E-state index is -0.544. The number of carbonyl (C=O) groups is 1. The summed E-state index contributed by atoms with van der Waals surface area (Å²) in [7, 11) is 0. The first-order valence-electron chi connectivity index (χ1n) is 4.52. The third-order valence-electron chi connectivity index (χ3n) is 2.24. The standard InChI is InChI=1S/C12H10N2O/c1-8(12(13)15)11-6-9-4-2-3-5-10(9)7-14-11/h2-7H,1H2,(H2,13,15). The molecule has 0 atom stereocenters. The Morgan fingerprint density at radius 3 is 2.60 bits per heavy atom. The minimum Gasteiger partial charge on any atom is -0.366 e. The van der Waals surface area contributed by atoms with E-state index in [1.807, 2.05) is 30.3 Å². The van der Waals surface area contributed by atoms with Crippen LogP contribution in [0.4, 0.5) is 0 Å². The van der Waals surface area contributed by atoms with Crippen molar-refractivity contribution in [1.29, 1.82) is 0 Å². The van der Waals surface area contributed by atoms with Gasteiger partial charge in [0.25, 0.3) is 0 Å². The highest BCUT2D eigenvalue weighted by molar-refractivity contribution is 6.17. The number of pyridine rings is 1. The van der Waals surface area contributed by atoms with Crippen LogP contribution in [0.5, 0.6) is 0 Å². The van der Waals surface area contributed by atoms with Crippen molar-refractivity contribution in [2.24, 2.45) is 5.73 Å². The molecule has 1 heterocycles. The number of aromatic nitrogens is 1. The lowest BCUT2D eigenvalue weighted by Crippen LogP contribution is -2.12. The molecule has 1 aromatic carbocycles. The molecule has 74 valence electrons. The molecule has 0 saturated carbocycles. The quantitative estimate of drug-likeness (QED) is 0.747. The zero-order valence-corrected chi connectivity index (χ0v) is 8.10. The lowest BCUT2D eigenvalue weighted by Gasteiger charge is -2.02. The third-order valence-corrected chi connectivity index (χ3v) is 2.24. The molecule has 0 radical (unpaired) electrons. The van der Waals surface area contributed by atoms with Gasteiger partial charge in [-0.05, 0) is 11.5 Å². The van der Waals surface area contributed by atoms with Gasteiger partial charge in [0.15, 0.2) is 0 Å². The predicted octanol–water partition coefficient (Wildman–Crippen LogP) is 1.73. The van der Waals surface area contributed by atoms with Gasteiger partial charge in [-0.2, -0.15) is 0 Å². The van der Waals surface area contributed by atoms with Crippen LogP contribution in [0.1, 0.15) is 5.69 Å². The van der Waals surface area contributed by atoms with Crippen molar-refractivity contribution in [2.75, 3.05) is 0 Å². The Balaban J connectivity index is 2.56. The van der Waals surface area contributed by atoms with Crippen LogP contribution in [0.2, 0.25) is 0 Å². The summed E-state index contributed by atoms with van der Waals surface area (Å²) in [6.45, 7) is 3.59. The number of benzene rings is 1. The van der Waals surface area contributed by atoms with Crippen LogP contribution < -0.4 is 5.73 Å². The van der Waals surface area contributed by atoms with Crippen LogP contribution in [0.3, 0.4) is 0 Å². The maximum Gasteiger partial charge on any atom is 0.250 e. The Hall–Kier alpha value is -2.16. The fourth-order valence-corrected chi connectivity index (χ4v) is 1.37. The number of hydrogen-bond donors (Lipinski definition) is 1. The van der Waals surface area contributed by atoms with E-state index in [4.69, 9.17) is 5.73 Å². The van der Waals surface area contributed by atoms with Gasteiger partial charge in [0, 0.05) is 11.6 Å². The lowest BCUT2D eigenvalue weighted by atomic mass is 10.1. The van der Waals surface area contributed by atoms with E-state index in [9.17, 15) is 4.79 Å². The SMILES string of the molecule is C=C(C(N)=O)c1cc2ccccc2cn1. The lowest BCUT2D eigenvalue weighted by molar-refractivity contribution is -0.112. The highest BCUT2D eigenvalue weighted by atomic mass is 16.1. The number of fused-ring (bicyclic) bond motifs is 1. The largest absolute Gasteiger partial charge is 0.366 e. The van der Waals surface area contributed by atoms with E-state index in [0.29, 0.717) is 5.69 Å². The average Bonchev–Trinajstić information content (AvgIpc) is 2.27. The second kappa shape index (κ2) is 3.53. The fourth-order valence-electron chi connectivity index (χ4n) is 1.37. The second-order valence-corrected chi connectivity index (χ2v) is 3.26. The molecule has 1 amide bonds. The summed E-state index contributed by atoms with van der Waals surface area (Å²) >= 11 is 0. The number of carbonyl (C=O) groups excluding carboxylic acids is 1. The van der Waals surface area contributed by atoms with Gasteiger partial charge >= 0.3 is 0 Å². The van der Waals surface area contributed by atoms with E-state index in [-0.39, 0.29) is 5.57 Å². The fraction of sp³-hybridized carbons (Fsp3) is 0. The topological polar surface area (TPSA) is 56.0 Å². The molecule has 0 bridgehead atoms. The molecule has 2 rings (SSSR count). The van der Waals surface area contributed by atoms with Gasteiger partial charge in [-0.1, -0.05) is 30.8 Å². The van der Waals surface area contributed by atoms with Crippen molar-refractivity contribution in [3.8, 4) is 0 Å². The Labute approximate surface area is 87.2 Å². The highest BCUT2D eigenvalue weighted by Gasteiger charge is 2.06. The summed E-state index contributed by atoms with van der Waals surface area (Å²) < 4.78 is 0. The number of nitrogens with zero attached hydrogens (tertiary/aromatic N) is 1. The van der Waals surface area contributed by atoms with Gasteiger partial charge in [-0.15, -0.1) is 0 Å². The van der Waals surface area contributed by atoms with Crippen LogP contribution in [0.25, 0.3) is 16.3 Å². The van der Waals surface area contributed by atoms with Gasteiger partial charge in [0.1, 0.15) is 0 Å². The van der Waals surface area contributed by atoms with E-state index in [2.05, 4.69) is 11.6 Å². The normalized spacial score (nSPS) is 10.1. The number of nitrogens with two attached hydrogens (primary N) is 1. The summed E-state index contributed by atoms with van der Waals surface area (Å²) in [5, 5.41) is 2.04. The molecule has 1 aromatic heterocycles. The van der Waals surface area contributed by atoms with Crippen molar-refractivity contribution in [1.82, 2.24) is 4.98 Å². The third kappa shape index (κ3) is 1.72. The summed E-state index contributed by atoms with van der Waals surface area (Å²) in [5.41, 5.74) is 5.90. The molecule has 3 nitrogen and oxygen atoms in total. The zero-order chi connectivity index (χ0) is 10.8. The van der Waals surface area contributed by atoms with E-state index < -0.39 is 5.91 Å². The number of rotatable bonds is 2. The van der Waals surface area contributed by atoms with Crippen molar-refractivity contribution in [3.63, 3.8) is 0 Å². The monoisotopic (exact) mass is 198 g/mol. The van der Waals surface area contributed by atoms with Crippen molar-refractivity contribution >= 4 is 22.3 Å². The Bertz CT molecular complexity index is 546. The number of primary amides is 1. The molecule has 0 aliphatic rings. The minimum absolute atomic E-state index is 0.237. The van der Waals surface area contributed by atoms with Crippen LogP contribution in [0, 0.1) is 0 Å². The molecular formula is C12H10N2O. The average molecular weight is 198 g/mol. The summed E-state index contributed by atoms with van der Waals surface area (Å²) in [5.74, 6) is -0.544. The first-order chi connectivity index (χ1) is 7.18. The summed E-state index contributed by atoms with van der Waals surface area (Å²) in [6.07, 6.45) is 1.71. The van der Waals surface area contributed by atoms with E-state index in [0.717, 1.165) is 10.8 Å². The molecule has 2 aromatic rings. The molecule has 0 aliphatic carbocycles. The smallest absolute Gasteiger partial charge is 0.250 e. The first-order valence-corrected chi connectivity index (χ1v) is 4.52. The number of amides is 1. The van der Waals surface area contributed by atoms with Gasteiger partial charge < -0.3 is 5.73 Å². The summed E-state index contributed by atoms with van der Waals surface area (Å²) in [4.78, 5) is 15.0. The first kappa shape index (κ1) is 9.40. The molecule has 3 heteroatoms. The van der Waals surface area contributed by atoms with Crippen molar-refractivity contribution in [2.45, 2.75) is 0 Å². The molecule has 2 N–H and O–H groups in total. The van der Waals surface area contributed by atoms with E-state index in [1.54, 1.807) is 6.20 Å².